The van der Waals surface area contributed by atoms with Gasteiger partial charge in [0.1, 0.15) is 12.4 Å². The highest BCUT2D eigenvalue weighted by Crippen LogP contribution is 2.43. The normalized spacial score (nSPS) is 23.9. The molecule has 0 aliphatic carbocycles. The van der Waals surface area contributed by atoms with Crippen molar-refractivity contribution in [2.24, 2.45) is 0 Å². The van der Waals surface area contributed by atoms with E-state index in [1.165, 1.54) is 34.0 Å². The van der Waals surface area contributed by atoms with Crippen LogP contribution in [0.1, 0.15) is 70.2 Å². The third-order valence-corrected chi connectivity index (χ3v) is 11.0. The quantitative estimate of drug-likeness (QED) is 0.319. The van der Waals surface area contributed by atoms with E-state index in [2.05, 4.69) is 92.8 Å². The number of hydrogen-bond acceptors (Lipinski definition) is 8. The number of likely N-dealkylation sites (tertiary alicyclic amines) is 1. The summed E-state index contributed by atoms with van der Waals surface area (Å²) in [6, 6.07) is 14.2. The molecule has 1 aromatic heterocycles. The minimum absolute atomic E-state index is 0.151. The Kier molecular flexibility index (Phi) is 7.78. The minimum atomic E-state index is -0.297. The van der Waals surface area contributed by atoms with E-state index in [9.17, 15) is 0 Å². The maximum atomic E-state index is 6.44. The van der Waals surface area contributed by atoms with E-state index in [0.29, 0.717) is 24.5 Å². The van der Waals surface area contributed by atoms with Gasteiger partial charge in [0.15, 0.2) is 0 Å². The molecule has 0 N–H and O–H groups in total. The van der Waals surface area contributed by atoms with Crippen LogP contribution in [0, 0.1) is 6.92 Å². The van der Waals surface area contributed by atoms with Crippen LogP contribution >= 0.6 is 0 Å². The van der Waals surface area contributed by atoms with Crippen LogP contribution in [0.2, 0.25) is 5.82 Å². The van der Waals surface area contributed by atoms with Crippen LogP contribution in [0.25, 0.3) is 10.8 Å². The molecule has 2 aromatic carbocycles. The molecule has 3 aromatic rings. The van der Waals surface area contributed by atoms with Crippen molar-refractivity contribution in [3.8, 4) is 6.01 Å². The number of aryl methyl sites for hydroxylation is 1. The van der Waals surface area contributed by atoms with Crippen molar-refractivity contribution in [2.45, 2.75) is 96.3 Å². The number of rotatable bonds is 6. The number of fused-ring (bicyclic) bond motifs is 2. The fourth-order valence-electron chi connectivity index (χ4n) is 7.51. The Labute approximate surface area is 263 Å². The van der Waals surface area contributed by atoms with E-state index in [-0.39, 0.29) is 18.3 Å². The number of anilines is 2. The molecule has 0 saturated carbocycles. The Morgan fingerprint density at radius 1 is 0.909 bits per heavy atom. The predicted molar refractivity (Wildman–Crippen MR) is 178 cm³/mol. The van der Waals surface area contributed by atoms with Crippen LogP contribution in [0.4, 0.5) is 11.5 Å². The Morgan fingerprint density at radius 2 is 1.64 bits per heavy atom. The fourth-order valence-corrected chi connectivity index (χ4v) is 7.51. The van der Waals surface area contributed by atoms with Crippen LogP contribution in [-0.2, 0) is 22.3 Å². The zero-order chi connectivity index (χ0) is 30.6. The molecule has 3 saturated heterocycles. The summed E-state index contributed by atoms with van der Waals surface area (Å²) in [7, 11) is 2.04. The summed E-state index contributed by atoms with van der Waals surface area (Å²) in [5.74, 6) is 1.44. The summed E-state index contributed by atoms with van der Waals surface area (Å²) in [5.41, 5.74) is 4.36. The lowest BCUT2D eigenvalue weighted by molar-refractivity contribution is 0.00578. The molecule has 4 aliphatic heterocycles. The first-order valence-electron chi connectivity index (χ1n) is 16.7. The van der Waals surface area contributed by atoms with Gasteiger partial charge < -0.3 is 28.7 Å². The van der Waals surface area contributed by atoms with Crippen LogP contribution in [0.15, 0.2) is 36.4 Å². The number of hydrogen-bond donors (Lipinski definition) is 0. The Morgan fingerprint density at radius 3 is 2.34 bits per heavy atom. The number of aromatic nitrogens is 2. The summed E-state index contributed by atoms with van der Waals surface area (Å²) < 4.78 is 19.3. The van der Waals surface area contributed by atoms with Crippen molar-refractivity contribution in [1.29, 1.82) is 0 Å². The number of piperidine rings is 1. The second-order valence-electron chi connectivity index (χ2n) is 14.4. The Hall–Kier alpha value is -2.88. The molecule has 1 unspecified atom stereocenters. The first-order valence-corrected chi connectivity index (χ1v) is 16.7. The molecule has 0 amide bonds. The van der Waals surface area contributed by atoms with Gasteiger partial charge >= 0.3 is 13.1 Å². The van der Waals surface area contributed by atoms with Gasteiger partial charge in [-0.15, -0.1) is 0 Å². The zero-order valence-electron chi connectivity index (χ0n) is 27.4. The van der Waals surface area contributed by atoms with Crippen molar-refractivity contribution in [3.05, 3.63) is 53.2 Å². The molecule has 44 heavy (non-hydrogen) atoms. The molecule has 9 heteroatoms. The van der Waals surface area contributed by atoms with Crippen LogP contribution in [0.5, 0.6) is 6.01 Å². The van der Waals surface area contributed by atoms with Crippen LogP contribution < -0.4 is 14.5 Å². The Balaban J connectivity index is 1.15. The van der Waals surface area contributed by atoms with Crippen LogP contribution in [-0.4, -0.2) is 79.1 Å². The van der Waals surface area contributed by atoms with Crippen molar-refractivity contribution < 1.29 is 14.0 Å². The second kappa shape index (κ2) is 11.5. The highest BCUT2D eigenvalue weighted by molar-refractivity contribution is 6.47. The monoisotopic (exact) mass is 597 g/mol. The SMILES string of the molecule is Cc1cccc2cccc(N3CCc4c(nc(OCC5CCCN5C)nc4N4CCC(B5OC(C)(C)C(C)(C)O5)CC4)C3)c12. The summed E-state index contributed by atoms with van der Waals surface area (Å²) in [4.78, 5) is 17.6. The van der Waals surface area contributed by atoms with Crippen LogP contribution in [0.3, 0.4) is 0 Å². The third-order valence-electron chi connectivity index (χ3n) is 11.0. The summed E-state index contributed by atoms with van der Waals surface area (Å²) in [6.07, 6.45) is 5.32. The van der Waals surface area contributed by atoms with Crippen molar-refractivity contribution in [3.63, 3.8) is 0 Å². The van der Waals surface area contributed by atoms with Crippen molar-refractivity contribution in [1.82, 2.24) is 14.9 Å². The molecule has 3 fully saturated rings. The predicted octanol–water partition coefficient (Wildman–Crippen LogP) is 6.04. The summed E-state index contributed by atoms with van der Waals surface area (Å²) >= 11 is 0. The number of likely N-dealkylation sites (N-methyl/N-ethyl adjacent to an activating group) is 1. The van der Waals surface area contributed by atoms with Gasteiger partial charge in [-0.05, 0) is 103 Å². The van der Waals surface area contributed by atoms with E-state index >= 15 is 0 Å². The van der Waals surface area contributed by atoms with Gasteiger partial charge in [-0.1, -0.05) is 30.3 Å². The zero-order valence-corrected chi connectivity index (χ0v) is 27.4. The van der Waals surface area contributed by atoms with Gasteiger partial charge in [-0.25, -0.2) is 0 Å². The maximum Gasteiger partial charge on any atom is 0.461 e. The molecule has 4 aliphatic rings. The first-order chi connectivity index (χ1) is 21.1. The lowest BCUT2D eigenvalue weighted by atomic mass is 9.67. The standard InChI is InChI=1S/C35H48BN5O3/c1-24-10-7-11-25-12-8-14-30(31(24)25)41-21-17-28-29(22-41)37-33(42-23-27-13-9-18-39(27)6)38-32(28)40-19-15-26(16-20-40)36-43-34(2,3)35(4,5)44-36/h7-8,10-12,14,26-27H,9,13,15-23H2,1-6H3. The third kappa shape index (κ3) is 5.45. The molecular formula is C35H48BN5O3. The summed E-state index contributed by atoms with van der Waals surface area (Å²) in [6.45, 7) is 16.1. The van der Waals surface area contributed by atoms with Gasteiger partial charge in [-0.2, -0.15) is 9.97 Å². The molecule has 0 bridgehead atoms. The second-order valence-corrected chi connectivity index (χ2v) is 14.4. The molecule has 1 atom stereocenters. The lowest BCUT2D eigenvalue weighted by Crippen LogP contribution is -2.41. The first kappa shape index (κ1) is 29.8. The molecule has 0 radical (unpaired) electrons. The molecule has 0 spiro atoms. The van der Waals surface area contributed by atoms with Gasteiger partial charge in [0, 0.05) is 42.3 Å². The minimum Gasteiger partial charge on any atom is -0.462 e. The fraction of sp³-hybridized carbons (Fsp3) is 0.600. The van der Waals surface area contributed by atoms with Crippen molar-refractivity contribution >= 4 is 29.4 Å². The molecule has 234 valence electrons. The molecule has 7 rings (SSSR count). The van der Waals surface area contributed by atoms with Gasteiger partial charge in [-0.3, -0.25) is 0 Å². The van der Waals surface area contributed by atoms with E-state index in [1.54, 1.807) is 0 Å². The topological polar surface area (TPSA) is 63.2 Å². The van der Waals surface area contributed by atoms with Crippen molar-refractivity contribution in [2.75, 3.05) is 49.6 Å². The average Bonchev–Trinajstić information content (AvgIpc) is 3.52. The van der Waals surface area contributed by atoms with E-state index in [4.69, 9.17) is 24.0 Å². The highest BCUT2D eigenvalue weighted by Gasteiger charge is 2.54. The van der Waals surface area contributed by atoms with E-state index in [1.807, 2.05) is 0 Å². The summed E-state index contributed by atoms with van der Waals surface area (Å²) in [5, 5.41) is 2.62. The molecule has 5 heterocycles. The average molecular weight is 598 g/mol. The van der Waals surface area contributed by atoms with E-state index in [0.717, 1.165) is 69.9 Å². The molecular weight excluding hydrogens is 549 g/mol. The number of ether oxygens (including phenoxy) is 1. The largest absolute Gasteiger partial charge is 0.462 e. The Bertz CT molecular complexity index is 1500. The highest BCUT2D eigenvalue weighted by atomic mass is 16.7. The lowest BCUT2D eigenvalue weighted by Gasteiger charge is -2.37. The van der Waals surface area contributed by atoms with Gasteiger partial charge in [0.25, 0.3) is 0 Å². The molecule has 8 nitrogen and oxygen atoms in total. The van der Waals surface area contributed by atoms with Gasteiger partial charge in [0.2, 0.25) is 0 Å². The number of nitrogens with zero attached hydrogens (tertiary/aromatic N) is 5. The van der Waals surface area contributed by atoms with Gasteiger partial charge in [0.05, 0.1) is 23.4 Å². The number of benzene rings is 2. The smallest absolute Gasteiger partial charge is 0.461 e. The maximum absolute atomic E-state index is 6.44. The van der Waals surface area contributed by atoms with E-state index < -0.39 is 0 Å².